The molecule has 7 heteroatoms. The zero-order chi connectivity index (χ0) is 11.6. The molecular weight excluding hydrogens is 313 g/mol. The van der Waals surface area contributed by atoms with Crippen molar-refractivity contribution in [3.8, 4) is 6.07 Å². The zero-order valence-corrected chi connectivity index (χ0v) is 9.39. The number of carbonyl (C=O) groups is 1. The number of hydrogen-bond acceptors (Lipinski definition) is 4. The molecule has 0 saturated carbocycles. The summed E-state index contributed by atoms with van der Waals surface area (Å²) >= 11 is 1.63. The summed E-state index contributed by atoms with van der Waals surface area (Å²) in [6, 6.07) is 4.20. The van der Waals surface area contributed by atoms with Crippen LogP contribution in [-0.4, -0.2) is 10.8 Å². The molecule has 0 heterocycles. The van der Waals surface area contributed by atoms with Gasteiger partial charge < -0.3 is 5.73 Å². The van der Waals surface area contributed by atoms with E-state index in [-0.39, 0.29) is 20.4 Å². The number of amides is 1. The maximum absolute atomic E-state index is 10.9. The summed E-state index contributed by atoms with van der Waals surface area (Å²) in [5, 5.41) is 19.3. The summed E-state index contributed by atoms with van der Waals surface area (Å²) in [4.78, 5) is 20.9. The molecule has 1 aromatic rings. The van der Waals surface area contributed by atoms with Crippen molar-refractivity contribution in [2.75, 3.05) is 0 Å². The highest BCUT2D eigenvalue weighted by atomic mass is 127. The van der Waals surface area contributed by atoms with Gasteiger partial charge in [0.1, 0.15) is 15.2 Å². The highest BCUT2D eigenvalue weighted by molar-refractivity contribution is 14.1. The van der Waals surface area contributed by atoms with Gasteiger partial charge in [-0.05, 0) is 34.7 Å². The fourth-order valence-electron chi connectivity index (χ4n) is 1.02. The maximum Gasteiger partial charge on any atom is 0.301 e. The van der Waals surface area contributed by atoms with Crippen molar-refractivity contribution >= 4 is 34.2 Å². The molecule has 0 fully saturated rings. The van der Waals surface area contributed by atoms with Gasteiger partial charge in [-0.1, -0.05) is 0 Å². The zero-order valence-electron chi connectivity index (χ0n) is 7.23. The van der Waals surface area contributed by atoms with Crippen LogP contribution in [0.25, 0.3) is 0 Å². The Bertz CT molecular complexity index is 493. The number of primary amides is 1. The monoisotopic (exact) mass is 317 g/mol. The Kier molecular flexibility index (Phi) is 3.21. The van der Waals surface area contributed by atoms with Gasteiger partial charge >= 0.3 is 5.69 Å². The van der Waals surface area contributed by atoms with Gasteiger partial charge in [0.05, 0.1) is 10.5 Å². The van der Waals surface area contributed by atoms with Crippen LogP contribution in [-0.2, 0) is 0 Å². The van der Waals surface area contributed by atoms with E-state index in [0.717, 1.165) is 0 Å². The van der Waals surface area contributed by atoms with Crippen LogP contribution in [0.5, 0.6) is 0 Å². The van der Waals surface area contributed by atoms with Gasteiger partial charge in [-0.3, -0.25) is 14.9 Å². The lowest BCUT2D eigenvalue weighted by molar-refractivity contribution is -0.386. The maximum atomic E-state index is 10.9. The fraction of sp³-hybridized carbons (Fsp3) is 0. The van der Waals surface area contributed by atoms with E-state index in [2.05, 4.69) is 0 Å². The van der Waals surface area contributed by atoms with Crippen molar-refractivity contribution in [2.45, 2.75) is 0 Å². The molecule has 0 saturated heterocycles. The number of hydrogen-bond donors (Lipinski definition) is 1. The third-order valence-electron chi connectivity index (χ3n) is 1.68. The molecule has 0 aliphatic rings. The quantitative estimate of drug-likeness (QED) is 0.501. The number of rotatable bonds is 2. The van der Waals surface area contributed by atoms with Gasteiger partial charge in [-0.15, -0.1) is 0 Å². The first-order valence-electron chi connectivity index (χ1n) is 3.65. The number of nitrogens with two attached hydrogens (primary N) is 1. The van der Waals surface area contributed by atoms with Crippen LogP contribution in [0.15, 0.2) is 12.1 Å². The van der Waals surface area contributed by atoms with Crippen molar-refractivity contribution < 1.29 is 9.72 Å². The lowest BCUT2D eigenvalue weighted by Crippen LogP contribution is -2.14. The Hall–Kier alpha value is -1.69. The molecule has 0 aliphatic carbocycles. The average molecular weight is 317 g/mol. The minimum absolute atomic E-state index is 0.0429. The molecule has 0 spiro atoms. The second kappa shape index (κ2) is 4.22. The summed E-state index contributed by atoms with van der Waals surface area (Å²) in [6.45, 7) is 0. The van der Waals surface area contributed by atoms with Gasteiger partial charge in [0.2, 0.25) is 5.91 Å². The third-order valence-corrected chi connectivity index (χ3v) is 2.78. The molecule has 2 N–H and O–H groups in total. The Balaban J connectivity index is 3.58. The summed E-state index contributed by atoms with van der Waals surface area (Å²) in [5.74, 6) is -0.757. The van der Waals surface area contributed by atoms with Crippen LogP contribution in [0.3, 0.4) is 0 Å². The van der Waals surface area contributed by atoms with E-state index < -0.39 is 10.8 Å². The Labute approximate surface area is 98.0 Å². The van der Waals surface area contributed by atoms with Crippen LogP contribution in [0.2, 0.25) is 0 Å². The van der Waals surface area contributed by atoms with Crippen molar-refractivity contribution in [3.05, 3.63) is 36.9 Å². The molecule has 0 aliphatic heterocycles. The largest absolute Gasteiger partial charge is 0.366 e. The highest BCUT2D eigenvalue weighted by Gasteiger charge is 2.23. The standard InChI is InChI=1S/C8H4IN3O3/c9-6-5(8(11)13)2-1-4(3-10)7(6)12(14)15/h1-2H,(H2,11,13). The number of nitro benzene ring substituents is 1. The Morgan fingerprint density at radius 3 is 2.60 bits per heavy atom. The molecular formula is C8H4IN3O3. The van der Waals surface area contributed by atoms with Crippen LogP contribution >= 0.6 is 22.6 Å². The first-order chi connectivity index (χ1) is 6.99. The Morgan fingerprint density at radius 1 is 1.60 bits per heavy atom. The minimum atomic E-state index is -0.757. The molecule has 1 aromatic carbocycles. The van der Waals surface area contributed by atoms with E-state index in [1.165, 1.54) is 12.1 Å². The van der Waals surface area contributed by atoms with Crippen molar-refractivity contribution in [2.24, 2.45) is 5.73 Å². The Morgan fingerprint density at radius 2 is 2.20 bits per heavy atom. The predicted molar refractivity (Wildman–Crippen MR) is 59.0 cm³/mol. The number of nitriles is 1. The molecule has 76 valence electrons. The second-order valence-corrected chi connectivity index (χ2v) is 3.64. The molecule has 0 atom stereocenters. The van der Waals surface area contributed by atoms with E-state index in [1.54, 1.807) is 28.7 Å². The van der Waals surface area contributed by atoms with Gasteiger partial charge in [-0.2, -0.15) is 5.26 Å². The molecule has 1 rings (SSSR count). The van der Waals surface area contributed by atoms with Gasteiger partial charge in [-0.25, -0.2) is 0 Å². The average Bonchev–Trinajstić information content (AvgIpc) is 2.15. The molecule has 15 heavy (non-hydrogen) atoms. The SMILES string of the molecule is N#Cc1ccc(C(N)=O)c(I)c1[N+](=O)[O-]. The van der Waals surface area contributed by atoms with Crippen molar-refractivity contribution in [3.63, 3.8) is 0 Å². The van der Waals surface area contributed by atoms with Gasteiger partial charge in [0, 0.05) is 0 Å². The summed E-state index contributed by atoms with van der Waals surface area (Å²) in [7, 11) is 0. The first-order valence-corrected chi connectivity index (χ1v) is 4.73. The smallest absolute Gasteiger partial charge is 0.301 e. The molecule has 6 nitrogen and oxygen atoms in total. The van der Waals surface area contributed by atoms with Gasteiger partial charge in [0.25, 0.3) is 0 Å². The minimum Gasteiger partial charge on any atom is -0.366 e. The number of benzene rings is 1. The summed E-state index contributed by atoms with van der Waals surface area (Å²) < 4.78 is 0.0872. The number of halogens is 1. The van der Waals surface area contributed by atoms with Crippen LogP contribution in [0.1, 0.15) is 15.9 Å². The summed E-state index contributed by atoms with van der Waals surface area (Å²) in [6.07, 6.45) is 0. The lowest BCUT2D eigenvalue weighted by atomic mass is 10.1. The number of nitro groups is 1. The van der Waals surface area contributed by atoms with E-state index in [4.69, 9.17) is 11.0 Å². The van der Waals surface area contributed by atoms with Crippen molar-refractivity contribution in [1.29, 1.82) is 5.26 Å². The van der Waals surface area contributed by atoms with E-state index in [9.17, 15) is 14.9 Å². The molecule has 0 radical (unpaired) electrons. The summed E-state index contributed by atoms with van der Waals surface area (Å²) in [5.41, 5.74) is 4.60. The van der Waals surface area contributed by atoms with Crippen LogP contribution in [0.4, 0.5) is 5.69 Å². The fourth-order valence-corrected chi connectivity index (χ4v) is 1.96. The van der Waals surface area contributed by atoms with Crippen molar-refractivity contribution in [1.82, 2.24) is 0 Å². The normalized spacial score (nSPS) is 9.33. The van der Waals surface area contributed by atoms with E-state index in [0.29, 0.717) is 0 Å². The third kappa shape index (κ3) is 2.04. The van der Waals surface area contributed by atoms with E-state index in [1.807, 2.05) is 0 Å². The second-order valence-electron chi connectivity index (χ2n) is 2.56. The molecule has 0 unspecified atom stereocenters. The molecule has 0 bridgehead atoms. The predicted octanol–water partition coefficient (Wildman–Crippen LogP) is 1.17. The topological polar surface area (TPSA) is 110 Å². The lowest BCUT2D eigenvalue weighted by Gasteiger charge is -2.01. The number of nitrogens with zero attached hydrogens (tertiary/aromatic N) is 2. The van der Waals surface area contributed by atoms with Crippen LogP contribution < -0.4 is 5.73 Å². The first kappa shape index (κ1) is 11.4. The molecule has 1 amide bonds. The van der Waals surface area contributed by atoms with Gasteiger partial charge in [0.15, 0.2) is 0 Å². The number of carbonyl (C=O) groups excluding carboxylic acids is 1. The van der Waals surface area contributed by atoms with E-state index >= 15 is 0 Å². The molecule has 0 aromatic heterocycles. The highest BCUT2D eigenvalue weighted by Crippen LogP contribution is 2.27. The van der Waals surface area contributed by atoms with Crippen LogP contribution in [0, 0.1) is 25.0 Å².